The van der Waals surface area contributed by atoms with Crippen LogP contribution >= 0.6 is 0 Å². The largest absolute Gasteiger partial charge is 0.478 e. The van der Waals surface area contributed by atoms with E-state index in [2.05, 4.69) is 13.2 Å². The van der Waals surface area contributed by atoms with E-state index in [9.17, 15) is 39.0 Å². The summed E-state index contributed by atoms with van der Waals surface area (Å²) in [6.45, 7) is 8.36. The first-order valence-electron chi connectivity index (χ1n) is 8.54. The molecular weight excluding hydrogens is 432 g/mol. The van der Waals surface area contributed by atoms with Crippen molar-refractivity contribution in [2.45, 2.75) is 20.1 Å². The van der Waals surface area contributed by atoms with Crippen molar-refractivity contribution in [2.75, 3.05) is 6.61 Å². The lowest BCUT2D eigenvalue weighted by molar-refractivity contribution is -0.188. The van der Waals surface area contributed by atoms with Gasteiger partial charge in [0.25, 0.3) is 6.29 Å². The van der Waals surface area contributed by atoms with Crippen LogP contribution in [-0.2, 0) is 23.8 Å². The summed E-state index contributed by atoms with van der Waals surface area (Å²) in [5.74, 6) is -8.61. The molecule has 0 radical (unpaired) electrons. The summed E-state index contributed by atoms with van der Waals surface area (Å²) in [6.07, 6.45) is -1.77. The van der Waals surface area contributed by atoms with Crippen molar-refractivity contribution in [1.29, 1.82) is 0 Å². The van der Waals surface area contributed by atoms with E-state index < -0.39 is 71.0 Å². The van der Waals surface area contributed by atoms with Crippen LogP contribution in [0.1, 0.15) is 55.3 Å². The summed E-state index contributed by atoms with van der Waals surface area (Å²) in [4.78, 5) is 69.9. The Labute approximate surface area is 180 Å². The van der Waals surface area contributed by atoms with Crippen LogP contribution in [-0.4, -0.2) is 64.0 Å². The molecular formula is C20H18O12. The standard InChI is InChI=1S/C20H18O12/c1-8(2)18(27)31-14(32-19(28)9(3)4)7-30-20(29)13-6-11(16(23)24)10(15(21)22)5-12(13)17(25)26/h5-6,14H,1,3,7H2,2,4H3,(H,21,22)(H,23,24)(H,25,26). The average Bonchev–Trinajstić information content (AvgIpc) is 2.69. The lowest BCUT2D eigenvalue weighted by atomic mass is 9.98. The van der Waals surface area contributed by atoms with Crippen molar-refractivity contribution in [3.63, 3.8) is 0 Å². The van der Waals surface area contributed by atoms with Crippen LogP contribution in [0.4, 0.5) is 0 Å². The zero-order chi connectivity index (χ0) is 24.7. The molecule has 1 aromatic rings. The van der Waals surface area contributed by atoms with Gasteiger partial charge in [0.2, 0.25) is 0 Å². The maximum atomic E-state index is 12.4. The van der Waals surface area contributed by atoms with Crippen LogP contribution in [0.15, 0.2) is 36.4 Å². The maximum Gasteiger partial charge on any atom is 0.339 e. The second-order valence-electron chi connectivity index (χ2n) is 6.26. The quantitative estimate of drug-likeness (QED) is 0.265. The minimum Gasteiger partial charge on any atom is -0.478 e. The number of carboxylic acid groups (broad SMARTS) is 3. The first-order chi connectivity index (χ1) is 14.8. The molecule has 0 fully saturated rings. The molecule has 3 N–H and O–H groups in total. The highest BCUT2D eigenvalue weighted by Gasteiger charge is 2.28. The molecule has 12 nitrogen and oxygen atoms in total. The van der Waals surface area contributed by atoms with Crippen molar-refractivity contribution in [1.82, 2.24) is 0 Å². The Bertz CT molecular complexity index is 1010. The summed E-state index contributed by atoms with van der Waals surface area (Å²) in [7, 11) is 0. The molecule has 0 saturated heterocycles. The van der Waals surface area contributed by atoms with Crippen molar-refractivity contribution < 1.29 is 58.3 Å². The van der Waals surface area contributed by atoms with E-state index in [1.165, 1.54) is 13.8 Å². The molecule has 170 valence electrons. The molecule has 0 bridgehead atoms. The number of hydrogen-bond donors (Lipinski definition) is 3. The Morgan fingerprint density at radius 3 is 1.44 bits per heavy atom. The summed E-state index contributed by atoms with van der Waals surface area (Å²) >= 11 is 0. The van der Waals surface area contributed by atoms with Crippen LogP contribution in [0.25, 0.3) is 0 Å². The highest BCUT2D eigenvalue weighted by Crippen LogP contribution is 2.20. The molecule has 1 rings (SSSR count). The summed E-state index contributed by atoms with van der Waals surface area (Å²) in [5, 5.41) is 27.6. The van der Waals surface area contributed by atoms with E-state index >= 15 is 0 Å². The molecule has 0 aliphatic carbocycles. The van der Waals surface area contributed by atoms with Crippen LogP contribution in [0, 0.1) is 0 Å². The number of carbonyl (C=O) groups excluding carboxylic acids is 3. The van der Waals surface area contributed by atoms with Crippen LogP contribution in [0.5, 0.6) is 0 Å². The van der Waals surface area contributed by atoms with Gasteiger partial charge in [-0.05, 0) is 26.0 Å². The molecule has 0 aliphatic rings. The highest BCUT2D eigenvalue weighted by atomic mass is 16.7. The molecule has 0 atom stereocenters. The van der Waals surface area contributed by atoms with E-state index in [-0.39, 0.29) is 11.1 Å². The fraction of sp³-hybridized carbons (Fsp3) is 0.200. The fourth-order valence-electron chi connectivity index (χ4n) is 2.05. The third-order valence-corrected chi connectivity index (χ3v) is 3.59. The third-order valence-electron chi connectivity index (χ3n) is 3.59. The number of esters is 3. The number of benzene rings is 1. The fourth-order valence-corrected chi connectivity index (χ4v) is 2.05. The zero-order valence-electron chi connectivity index (χ0n) is 16.9. The summed E-state index contributed by atoms with van der Waals surface area (Å²) in [5.41, 5.74) is -3.53. The van der Waals surface area contributed by atoms with Crippen molar-refractivity contribution in [3.8, 4) is 0 Å². The first-order valence-corrected chi connectivity index (χ1v) is 8.54. The maximum absolute atomic E-state index is 12.4. The monoisotopic (exact) mass is 450 g/mol. The second kappa shape index (κ2) is 10.5. The molecule has 12 heteroatoms. The first kappa shape index (κ1) is 25.6. The van der Waals surface area contributed by atoms with E-state index in [1.54, 1.807) is 0 Å². The van der Waals surface area contributed by atoms with Gasteiger partial charge < -0.3 is 29.5 Å². The number of carbonyl (C=O) groups is 6. The number of hydrogen-bond acceptors (Lipinski definition) is 9. The zero-order valence-corrected chi connectivity index (χ0v) is 16.9. The lowest BCUT2D eigenvalue weighted by Crippen LogP contribution is -2.31. The van der Waals surface area contributed by atoms with Crippen LogP contribution < -0.4 is 0 Å². The topological polar surface area (TPSA) is 191 Å². The number of rotatable bonds is 10. The average molecular weight is 450 g/mol. The molecule has 0 heterocycles. The molecule has 0 saturated carbocycles. The number of ether oxygens (including phenoxy) is 3. The van der Waals surface area contributed by atoms with Crippen molar-refractivity contribution in [2.24, 2.45) is 0 Å². The van der Waals surface area contributed by atoms with Crippen LogP contribution in [0.2, 0.25) is 0 Å². The molecule has 0 aromatic heterocycles. The summed E-state index contributed by atoms with van der Waals surface area (Å²) in [6, 6.07) is 1.01. The van der Waals surface area contributed by atoms with E-state index in [4.69, 9.17) is 19.3 Å². The molecule has 0 spiro atoms. The van der Waals surface area contributed by atoms with Gasteiger partial charge in [-0.1, -0.05) is 13.2 Å². The smallest absolute Gasteiger partial charge is 0.339 e. The van der Waals surface area contributed by atoms with Gasteiger partial charge in [-0.2, -0.15) is 0 Å². The lowest BCUT2D eigenvalue weighted by Gasteiger charge is -2.18. The van der Waals surface area contributed by atoms with Gasteiger partial charge in [0, 0.05) is 11.1 Å². The number of carboxylic acids is 3. The van der Waals surface area contributed by atoms with Crippen LogP contribution in [0.3, 0.4) is 0 Å². The minimum absolute atomic E-state index is 0.0729. The van der Waals surface area contributed by atoms with Gasteiger partial charge in [-0.25, -0.2) is 28.8 Å². The molecule has 1 aromatic carbocycles. The highest BCUT2D eigenvalue weighted by molar-refractivity contribution is 6.09. The van der Waals surface area contributed by atoms with Gasteiger partial charge in [-0.15, -0.1) is 0 Å². The third kappa shape index (κ3) is 6.52. The normalized spacial score (nSPS) is 10.1. The van der Waals surface area contributed by atoms with Gasteiger partial charge >= 0.3 is 35.8 Å². The summed E-state index contributed by atoms with van der Waals surface area (Å²) < 4.78 is 14.5. The van der Waals surface area contributed by atoms with Gasteiger partial charge in [0.05, 0.1) is 22.3 Å². The molecule has 0 aliphatic heterocycles. The molecule has 0 amide bonds. The minimum atomic E-state index is -1.77. The number of aromatic carboxylic acids is 3. The Hall–Kier alpha value is -4.48. The van der Waals surface area contributed by atoms with Gasteiger partial charge in [-0.3, -0.25) is 0 Å². The predicted molar refractivity (Wildman–Crippen MR) is 103 cm³/mol. The SMILES string of the molecule is C=C(C)C(=O)OC(COC(=O)c1cc(C(=O)O)c(C(=O)O)cc1C(=O)O)OC(=O)C(=C)C. The predicted octanol–water partition coefficient (Wildman–Crippen LogP) is 1.50. The van der Waals surface area contributed by atoms with Crippen molar-refractivity contribution in [3.05, 3.63) is 58.7 Å². The van der Waals surface area contributed by atoms with E-state index in [0.717, 1.165) is 0 Å². The Balaban J connectivity index is 3.26. The Morgan fingerprint density at radius 2 is 1.09 bits per heavy atom. The molecule has 0 unspecified atom stereocenters. The molecule has 32 heavy (non-hydrogen) atoms. The Morgan fingerprint density at radius 1 is 0.750 bits per heavy atom. The van der Waals surface area contributed by atoms with Crippen molar-refractivity contribution >= 4 is 35.8 Å². The van der Waals surface area contributed by atoms with Gasteiger partial charge in [0.15, 0.2) is 6.61 Å². The Kier molecular flexibility index (Phi) is 8.40. The van der Waals surface area contributed by atoms with Gasteiger partial charge in [0.1, 0.15) is 0 Å². The second-order valence-corrected chi connectivity index (χ2v) is 6.26. The van der Waals surface area contributed by atoms with E-state index in [1.807, 2.05) is 0 Å². The van der Waals surface area contributed by atoms with E-state index in [0.29, 0.717) is 12.1 Å².